The molecule has 2 aromatic heterocycles. The highest BCUT2D eigenvalue weighted by Gasteiger charge is 2.14. The van der Waals surface area contributed by atoms with Crippen molar-refractivity contribution in [1.29, 1.82) is 0 Å². The molecule has 0 bridgehead atoms. The maximum absolute atomic E-state index is 11.9. The third-order valence-corrected chi connectivity index (χ3v) is 3.14. The molecule has 1 atom stereocenters. The highest BCUT2D eigenvalue weighted by atomic mass is 16.3. The summed E-state index contributed by atoms with van der Waals surface area (Å²) in [6.07, 6.45) is 0.993. The van der Waals surface area contributed by atoms with Crippen LogP contribution in [0, 0.1) is 13.8 Å². The number of hydrogen-bond acceptors (Lipinski definition) is 3. The van der Waals surface area contributed by atoms with Gasteiger partial charge >= 0.3 is 0 Å². The Morgan fingerprint density at radius 3 is 2.79 bits per heavy atom. The Morgan fingerprint density at radius 1 is 1.47 bits per heavy atom. The average molecular weight is 261 g/mol. The number of anilines is 1. The molecule has 2 aromatic rings. The van der Waals surface area contributed by atoms with Crippen LogP contribution in [0.25, 0.3) is 0 Å². The molecular weight excluding hydrogens is 242 g/mol. The smallest absolute Gasteiger partial charge is 0.292 e. The topological polar surface area (TPSA) is 60.1 Å². The van der Waals surface area contributed by atoms with Gasteiger partial charge in [-0.2, -0.15) is 5.10 Å². The number of nitrogens with one attached hydrogen (secondary N) is 1. The van der Waals surface area contributed by atoms with Crippen LogP contribution in [0.5, 0.6) is 0 Å². The Bertz CT molecular complexity index is 583. The van der Waals surface area contributed by atoms with Gasteiger partial charge in [-0.25, -0.2) is 0 Å². The number of rotatable bonds is 4. The maximum Gasteiger partial charge on any atom is 0.292 e. The monoisotopic (exact) mass is 261 g/mol. The molecule has 102 valence electrons. The van der Waals surface area contributed by atoms with E-state index in [9.17, 15) is 4.79 Å². The molecule has 2 rings (SSSR count). The van der Waals surface area contributed by atoms with Gasteiger partial charge < -0.3 is 9.73 Å². The molecule has 0 aromatic carbocycles. The van der Waals surface area contributed by atoms with Crippen molar-refractivity contribution in [2.24, 2.45) is 0 Å². The number of furan rings is 1. The van der Waals surface area contributed by atoms with Crippen molar-refractivity contribution in [1.82, 2.24) is 9.78 Å². The number of hydrogen-bond donors (Lipinski definition) is 1. The first-order valence-corrected chi connectivity index (χ1v) is 6.45. The molecule has 5 nitrogen and oxygen atoms in total. The van der Waals surface area contributed by atoms with E-state index in [-0.39, 0.29) is 5.91 Å². The van der Waals surface area contributed by atoms with E-state index in [0.717, 1.165) is 12.1 Å². The highest BCUT2D eigenvalue weighted by Crippen LogP contribution is 2.17. The summed E-state index contributed by atoms with van der Waals surface area (Å²) < 4.78 is 7.20. The van der Waals surface area contributed by atoms with Crippen molar-refractivity contribution in [3.8, 4) is 0 Å². The Kier molecular flexibility index (Phi) is 3.74. The Balaban J connectivity index is 2.13. The second-order valence-corrected chi connectivity index (χ2v) is 4.74. The zero-order valence-electron chi connectivity index (χ0n) is 11.7. The van der Waals surface area contributed by atoms with Crippen LogP contribution in [-0.2, 0) is 0 Å². The molecule has 0 saturated carbocycles. The van der Waals surface area contributed by atoms with Gasteiger partial charge in [0.05, 0.1) is 0 Å². The van der Waals surface area contributed by atoms with E-state index in [1.54, 1.807) is 19.1 Å². The number of aromatic nitrogens is 2. The van der Waals surface area contributed by atoms with Crippen LogP contribution < -0.4 is 5.32 Å². The first-order valence-electron chi connectivity index (χ1n) is 6.45. The average Bonchev–Trinajstić information content (AvgIpc) is 2.95. The molecule has 2 heterocycles. The van der Waals surface area contributed by atoms with Gasteiger partial charge in [-0.15, -0.1) is 0 Å². The lowest BCUT2D eigenvalue weighted by Crippen LogP contribution is -2.12. The van der Waals surface area contributed by atoms with Crippen molar-refractivity contribution in [2.75, 3.05) is 5.32 Å². The summed E-state index contributed by atoms with van der Waals surface area (Å²) in [5.41, 5.74) is 1.03. The normalized spacial score (nSPS) is 12.4. The lowest BCUT2D eigenvalue weighted by molar-refractivity contribution is 0.0995. The predicted octanol–water partition coefficient (Wildman–Crippen LogP) is 3.32. The van der Waals surface area contributed by atoms with Crippen molar-refractivity contribution in [3.05, 3.63) is 35.4 Å². The summed E-state index contributed by atoms with van der Waals surface area (Å²) in [6.45, 7) is 7.99. The first-order chi connectivity index (χ1) is 9.01. The lowest BCUT2D eigenvalue weighted by atomic mass is 10.2. The molecule has 1 N–H and O–H groups in total. The van der Waals surface area contributed by atoms with Gasteiger partial charge in [-0.3, -0.25) is 9.48 Å². The summed E-state index contributed by atoms with van der Waals surface area (Å²) in [6, 6.07) is 5.59. The van der Waals surface area contributed by atoms with Gasteiger partial charge in [0.2, 0.25) is 0 Å². The standard InChI is InChI=1S/C14H19N3O2/c1-5-9(2)17-10(3)8-13(16-17)15-14(18)12-7-6-11(4)19-12/h6-9H,5H2,1-4H3,(H,15,16,18). The fourth-order valence-electron chi connectivity index (χ4n) is 1.90. The minimum atomic E-state index is -0.276. The van der Waals surface area contributed by atoms with Crippen LogP contribution in [0.2, 0.25) is 0 Å². The predicted molar refractivity (Wildman–Crippen MR) is 73.4 cm³/mol. The van der Waals surface area contributed by atoms with E-state index >= 15 is 0 Å². The molecule has 1 unspecified atom stereocenters. The van der Waals surface area contributed by atoms with Crippen LogP contribution in [0.15, 0.2) is 22.6 Å². The first kappa shape index (κ1) is 13.4. The van der Waals surface area contributed by atoms with Crippen LogP contribution in [-0.4, -0.2) is 15.7 Å². The fraction of sp³-hybridized carbons (Fsp3) is 0.429. The molecule has 1 amide bonds. The molecule has 0 radical (unpaired) electrons. The number of nitrogens with zero attached hydrogens (tertiary/aromatic N) is 2. The summed E-state index contributed by atoms with van der Waals surface area (Å²) in [7, 11) is 0. The van der Waals surface area contributed by atoms with E-state index in [1.165, 1.54) is 0 Å². The Labute approximate surface area is 112 Å². The van der Waals surface area contributed by atoms with E-state index in [0.29, 0.717) is 23.4 Å². The van der Waals surface area contributed by atoms with E-state index < -0.39 is 0 Å². The number of carbonyl (C=O) groups excluding carboxylic acids is 1. The van der Waals surface area contributed by atoms with Crippen LogP contribution in [0.1, 0.15) is 48.3 Å². The summed E-state index contributed by atoms with van der Waals surface area (Å²) in [5, 5.41) is 7.14. The molecule has 5 heteroatoms. The second-order valence-electron chi connectivity index (χ2n) is 4.74. The summed E-state index contributed by atoms with van der Waals surface area (Å²) in [5.74, 6) is 1.29. The van der Waals surface area contributed by atoms with Crippen molar-refractivity contribution in [3.63, 3.8) is 0 Å². The summed E-state index contributed by atoms with van der Waals surface area (Å²) in [4.78, 5) is 11.9. The van der Waals surface area contributed by atoms with Gasteiger partial charge in [0.25, 0.3) is 5.91 Å². The van der Waals surface area contributed by atoms with Gasteiger partial charge in [0, 0.05) is 17.8 Å². The molecule has 0 aliphatic carbocycles. The quantitative estimate of drug-likeness (QED) is 0.918. The second kappa shape index (κ2) is 5.30. The molecule has 0 fully saturated rings. The molecule has 0 spiro atoms. The van der Waals surface area contributed by atoms with Gasteiger partial charge in [-0.1, -0.05) is 6.92 Å². The van der Waals surface area contributed by atoms with Crippen LogP contribution >= 0.6 is 0 Å². The highest BCUT2D eigenvalue weighted by molar-refractivity contribution is 6.01. The molecular formula is C14H19N3O2. The van der Waals surface area contributed by atoms with Crippen molar-refractivity contribution >= 4 is 11.7 Å². The Morgan fingerprint density at radius 2 is 2.21 bits per heavy atom. The van der Waals surface area contributed by atoms with Gasteiger partial charge in [0.1, 0.15) is 5.76 Å². The number of aryl methyl sites for hydroxylation is 2. The van der Waals surface area contributed by atoms with Crippen molar-refractivity contribution in [2.45, 2.75) is 40.2 Å². The lowest BCUT2D eigenvalue weighted by Gasteiger charge is -2.10. The summed E-state index contributed by atoms with van der Waals surface area (Å²) >= 11 is 0. The maximum atomic E-state index is 11.9. The van der Waals surface area contributed by atoms with Gasteiger partial charge in [-0.05, 0) is 39.3 Å². The zero-order chi connectivity index (χ0) is 14.0. The van der Waals surface area contributed by atoms with E-state index in [1.807, 2.05) is 17.7 Å². The van der Waals surface area contributed by atoms with Crippen LogP contribution in [0.3, 0.4) is 0 Å². The number of amides is 1. The minimum absolute atomic E-state index is 0.276. The zero-order valence-corrected chi connectivity index (χ0v) is 11.7. The van der Waals surface area contributed by atoms with Gasteiger partial charge in [0.15, 0.2) is 11.6 Å². The molecule has 0 saturated heterocycles. The minimum Gasteiger partial charge on any atom is -0.456 e. The molecule has 19 heavy (non-hydrogen) atoms. The van der Waals surface area contributed by atoms with E-state index in [2.05, 4.69) is 24.3 Å². The third-order valence-electron chi connectivity index (χ3n) is 3.14. The third kappa shape index (κ3) is 2.86. The van der Waals surface area contributed by atoms with Crippen molar-refractivity contribution < 1.29 is 9.21 Å². The van der Waals surface area contributed by atoms with Crippen LogP contribution in [0.4, 0.5) is 5.82 Å². The Hall–Kier alpha value is -2.04. The molecule has 0 aliphatic heterocycles. The SMILES string of the molecule is CCC(C)n1nc(NC(=O)c2ccc(C)o2)cc1C. The molecule has 0 aliphatic rings. The van der Waals surface area contributed by atoms with E-state index in [4.69, 9.17) is 4.42 Å². The number of carbonyl (C=O) groups is 1. The fourth-order valence-corrected chi connectivity index (χ4v) is 1.90. The largest absolute Gasteiger partial charge is 0.456 e.